The number of methoxy groups -OCH3 is 2. The number of thioether (sulfide) groups is 1. The maximum absolute atomic E-state index is 13.9. The summed E-state index contributed by atoms with van der Waals surface area (Å²) in [5.74, 6) is 2.31. The Kier molecular flexibility index (Phi) is 5.56. The standard InChI is InChI=1S/C27H23FN4O3S/c1-33-20-13-10-16(14-21(20)34-2)25-22-23(18-6-4-5-7-19(18)35-25)29-26-30-27(36-3)31-32(26)24(22)15-8-11-17(28)12-9-15/h4-14,24-25H,1-3H3,(H,29,30,31)/t24-,25-/m1/s1. The first-order valence-electron chi connectivity index (χ1n) is 11.4. The molecule has 1 N–H and O–H groups in total. The van der Waals surface area contributed by atoms with Gasteiger partial charge in [0.25, 0.3) is 0 Å². The number of halogens is 1. The molecule has 4 aromatic rings. The van der Waals surface area contributed by atoms with Gasteiger partial charge < -0.3 is 19.5 Å². The smallest absolute Gasteiger partial charge is 0.227 e. The lowest BCUT2D eigenvalue weighted by Crippen LogP contribution is -2.32. The lowest BCUT2D eigenvalue weighted by Gasteiger charge is -2.39. The van der Waals surface area contributed by atoms with Crippen LogP contribution in [0, 0.1) is 5.82 Å². The zero-order chi connectivity index (χ0) is 24.8. The lowest BCUT2D eigenvalue weighted by molar-refractivity contribution is 0.222. The number of hydrogen-bond donors (Lipinski definition) is 1. The molecule has 0 amide bonds. The average Bonchev–Trinajstić information content (AvgIpc) is 3.34. The van der Waals surface area contributed by atoms with Crippen molar-refractivity contribution in [1.29, 1.82) is 0 Å². The molecule has 2 atom stereocenters. The van der Waals surface area contributed by atoms with Gasteiger partial charge in [0.1, 0.15) is 23.7 Å². The zero-order valence-corrected chi connectivity index (χ0v) is 20.7. The second-order valence-corrected chi connectivity index (χ2v) is 9.16. The van der Waals surface area contributed by atoms with Gasteiger partial charge in [-0.1, -0.05) is 42.1 Å². The van der Waals surface area contributed by atoms with Gasteiger partial charge in [0.15, 0.2) is 11.5 Å². The molecular weight excluding hydrogens is 479 g/mol. The zero-order valence-electron chi connectivity index (χ0n) is 19.9. The van der Waals surface area contributed by atoms with Crippen LogP contribution in [0.25, 0.3) is 5.70 Å². The first-order valence-corrected chi connectivity index (χ1v) is 12.6. The summed E-state index contributed by atoms with van der Waals surface area (Å²) in [6, 6.07) is 19.8. The number of anilines is 1. The lowest BCUT2D eigenvalue weighted by atomic mass is 9.84. The number of nitrogens with one attached hydrogen (secondary N) is 1. The normalized spacial score (nSPS) is 17.9. The van der Waals surface area contributed by atoms with Gasteiger partial charge in [-0.3, -0.25) is 0 Å². The van der Waals surface area contributed by atoms with Crippen LogP contribution in [0.2, 0.25) is 0 Å². The van der Waals surface area contributed by atoms with E-state index in [0.29, 0.717) is 22.6 Å². The maximum Gasteiger partial charge on any atom is 0.227 e. The molecule has 0 radical (unpaired) electrons. The van der Waals surface area contributed by atoms with E-state index in [-0.39, 0.29) is 11.9 Å². The molecule has 1 aromatic heterocycles. The highest BCUT2D eigenvalue weighted by Crippen LogP contribution is 2.51. The van der Waals surface area contributed by atoms with Crippen LogP contribution < -0.4 is 19.5 Å². The van der Waals surface area contributed by atoms with Crippen molar-refractivity contribution in [2.24, 2.45) is 0 Å². The molecule has 0 bridgehead atoms. The van der Waals surface area contributed by atoms with Gasteiger partial charge in [0, 0.05) is 16.7 Å². The molecule has 0 saturated heterocycles. The number of benzene rings is 3. The number of para-hydroxylation sites is 1. The van der Waals surface area contributed by atoms with Crippen molar-refractivity contribution in [3.8, 4) is 17.2 Å². The summed E-state index contributed by atoms with van der Waals surface area (Å²) >= 11 is 1.46. The third-order valence-corrected chi connectivity index (χ3v) is 6.98. The van der Waals surface area contributed by atoms with E-state index < -0.39 is 6.10 Å². The molecule has 3 aromatic carbocycles. The Hall–Kier alpha value is -3.98. The summed E-state index contributed by atoms with van der Waals surface area (Å²) in [7, 11) is 3.22. The average molecular weight is 503 g/mol. The highest BCUT2D eigenvalue weighted by molar-refractivity contribution is 7.98. The van der Waals surface area contributed by atoms with Crippen LogP contribution in [0.5, 0.6) is 17.2 Å². The fourth-order valence-electron chi connectivity index (χ4n) is 4.80. The van der Waals surface area contributed by atoms with Gasteiger partial charge in [0.05, 0.1) is 19.9 Å². The van der Waals surface area contributed by atoms with E-state index in [1.54, 1.807) is 26.4 Å². The van der Waals surface area contributed by atoms with Crippen LogP contribution in [0.1, 0.15) is 28.8 Å². The number of hydrogen-bond acceptors (Lipinski definition) is 7. The van der Waals surface area contributed by atoms with Gasteiger partial charge >= 0.3 is 0 Å². The molecule has 2 aliphatic rings. The largest absolute Gasteiger partial charge is 0.493 e. The van der Waals surface area contributed by atoms with E-state index in [4.69, 9.17) is 24.3 Å². The van der Waals surface area contributed by atoms with E-state index in [1.807, 2.05) is 53.4 Å². The Balaban J connectivity index is 1.61. The number of fused-ring (bicyclic) bond motifs is 3. The van der Waals surface area contributed by atoms with Crippen LogP contribution >= 0.6 is 11.8 Å². The predicted molar refractivity (Wildman–Crippen MR) is 136 cm³/mol. The molecule has 0 spiro atoms. The van der Waals surface area contributed by atoms with Crippen molar-refractivity contribution in [3.63, 3.8) is 0 Å². The van der Waals surface area contributed by atoms with Crippen LogP contribution in [0.15, 0.2) is 77.5 Å². The molecule has 3 heterocycles. The molecule has 9 heteroatoms. The van der Waals surface area contributed by atoms with Crippen LogP contribution in [0.4, 0.5) is 10.3 Å². The summed E-state index contributed by atoms with van der Waals surface area (Å²) in [6.45, 7) is 0. The first kappa shape index (κ1) is 22.5. The highest BCUT2D eigenvalue weighted by atomic mass is 32.2. The van der Waals surface area contributed by atoms with E-state index >= 15 is 0 Å². The van der Waals surface area contributed by atoms with E-state index in [2.05, 4.69) is 5.32 Å². The van der Waals surface area contributed by atoms with Crippen LogP contribution in [-0.2, 0) is 0 Å². The van der Waals surface area contributed by atoms with Crippen molar-refractivity contribution in [1.82, 2.24) is 14.8 Å². The van der Waals surface area contributed by atoms with E-state index in [1.165, 1.54) is 23.9 Å². The van der Waals surface area contributed by atoms with Crippen molar-refractivity contribution in [2.45, 2.75) is 17.3 Å². The quantitative estimate of drug-likeness (QED) is 0.350. The minimum Gasteiger partial charge on any atom is -0.493 e. The van der Waals surface area contributed by atoms with Crippen molar-refractivity contribution in [2.75, 3.05) is 25.8 Å². The molecule has 2 aliphatic heterocycles. The van der Waals surface area contributed by atoms with Crippen LogP contribution in [0.3, 0.4) is 0 Å². The third kappa shape index (κ3) is 3.58. The van der Waals surface area contributed by atoms with Crippen LogP contribution in [-0.4, -0.2) is 35.2 Å². The second kappa shape index (κ2) is 8.91. The fourth-order valence-corrected chi connectivity index (χ4v) is 5.15. The third-order valence-electron chi connectivity index (χ3n) is 6.44. The molecule has 0 fully saturated rings. The topological polar surface area (TPSA) is 70.4 Å². The SMILES string of the molecule is COc1ccc([C@H]2Oc3ccccc3C3=C2[C@@H](c2ccc(F)cc2)n2nc(SC)nc2N3)cc1OC. The van der Waals surface area contributed by atoms with Gasteiger partial charge in [-0.05, 0) is 48.2 Å². The molecular formula is C27H23FN4O3S. The summed E-state index contributed by atoms with van der Waals surface area (Å²) in [4.78, 5) is 4.69. The molecule has 0 unspecified atom stereocenters. The number of aromatic nitrogens is 3. The van der Waals surface area contributed by atoms with Gasteiger partial charge in [-0.2, -0.15) is 4.98 Å². The number of rotatable bonds is 5. The Morgan fingerprint density at radius 2 is 1.72 bits per heavy atom. The number of nitrogens with zero attached hydrogens (tertiary/aromatic N) is 3. The molecule has 36 heavy (non-hydrogen) atoms. The monoisotopic (exact) mass is 502 g/mol. The molecule has 7 nitrogen and oxygen atoms in total. The Labute approximate surface area is 211 Å². The van der Waals surface area contributed by atoms with E-state index in [9.17, 15) is 4.39 Å². The minimum absolute atomic E-state index is 0.299. The molecule has 6 rings (SSSR count). The predicted octanol–water partition coefficient (Wildman–Crippen LogP) is 5.72. The number of ether oxygens (including phenoxy) is 3. The minimum atomic E-state index is -0.479. The van der Waals surface area contributed by atoms with Crippen molar-refractivity contribution >= 4 is 23.4 Å². The summed E-state index contributed by atoms with van der Waals surface area (Å²) in [5.41, 5.74) is 4.53. The summed E-state index contributed by atoms with van der Waals surface area (Å²) < 4.78 is 33.5. The maximum atomic E-state index is 13.9. The fraction of sp³-hybridized carbons (Fsp3) is 0.185. The van der Waals surface area contributed by atoms with Gasteiger partial charge in [-0.25, -0.2) is 9.07 Å². The highest BCUT2D eigenvalue weighted by Gasteiger charge is 2.41. The van der Waals surface area contributed by atoms with Crippen molar-refractivity contribution in [3.05, 3.63) is 94.8 Å². The Morgan fingerprint density at radius 3 is 2.47 bits per heavy atom. The molecule has 0 aliphatic carbocycles. The summed E-state index contributed by atoms with van der Waals surface area (Å²) in [6.07, 6.45) is 1.46. The van der Waals surface area contributed by atoms with Gasteiger partial charge in [-0.15, -0.1) is 5.10 Å². The van der Waals surface area contributed by atoms with Gasteiger partial charge in [0.2, 0.25) is 11.1 Å². The first-order chi connectivity index (χ1) is 17.6. The molecule has 0 saturated carbocycles. The van der Waals surface area contributed by atoms with E-state index in [0.717, 1.165) is 33.7 Å². The second-order valence-electron chi connectivity index (χ2n) is 8.38. The Bertz CT molecular complexity index is 1480. The Morgan fingerprint density at radius 1 is 0.972 bits per heavy atom. The van der Waals surface area contributed by atoms with Crippen molar-refractivity contribution < 1.29 is 18.6 Å². The summed E-state index contributed by atoms with van der Waals surface area (Å²) in [5, 5.41) is 8.92. The molecule has 182 valence electrons.